The number of Topliss-reactive ketones (excluding diaryl/α,β-unsaturated/α-hetero) is 1. The molecule has 2 heterocycles. The second kappa shape index (κ2) is 9.89. The number of amides is 1. The van der Waals surface area contributed by atoms with E-state index in [1.165, 1.54) is 18.2 Å². The summed E-state index contributed by atoms with van der Waals surface area (Å²) in [6.07, 6.45) is -3.86. The lowest BCUT2D eigenvalue weighted by Gasteiger charge is -2.37. The number of dihydropyridines is 1. The predicted octanol–water partition coefficient (Wildman–Crippen LogP) is 6.43. The maximum atomic E-state index is 13.8. The number of benzene rings is 3. The normalized spacial score (nSPS) is 20.2. The largest absolute Gasteiger partial charge is 0.454 e. The number of nitrogens with one attached hydrogen (secondary N) is 2. The van der Waals surface area contributed by atoms with Gasteiger partial charge in [0.2, 0.25) is 6.79 Å². The van der Waals surface area contributed by atoms with Crippen LogP contribution in [0.5, 0.6) is 11.5 Å². The first-order valence-electron chi connectivity index (χ1n) is 12.9. The van der Waals surface area contributed by atoms with Crippen LogP contribution in [0.4, 0.5) is 18.9 Å². The van der Waals surface area contributed by atoms with Gasteiger partial charge in [-0.05, 0) is 54.7 Å². The smallest absolute Gasteiger partial charge is 0.418 e. The summed E-state index contributed by atoms with van der Waals surface area (Å²) in [6, 6.07) is 19.8. The Morgan fingerprint density at radius 1 is 0.925 bits per heavy atom. The fourth-order valence-electron chi connectivity index (χ4n) is 5.76. The molecular weight excluding hydrogens is 521 g/mol. The van der Waals surface area contributed by atoms with Gasteiger partial charge in [-0.15, -0.1) is 0 Å². The number of hydrogen-bond acceptors (Lipinski definition) is 5. The van der Waals surface area contributed by atoms with E-state index in [9.17, 15) is 22.8 Å². The number of alkyl halides is 3. The summed E-state index contributed by atoms with van der Waals surface area (Å²) in [5, 5.41) is 5.73. The quantitative estimate of drug-likeness (QED) is 0.394. The Morgan fingerprint density at radius 2 is 1.65 bits per heavy atom. The van der Waals surface area contributed by atoms with Gasteiger partial charge in [0.15, 0.2) is 17.3 Å². The van der Waals surface area contributed by atoms with E-state index >= 15 is 0 Å². The van der Waals surface area contributed by atoms with Crippen LogP contribution in [0.15, 0.2) is 95.3 Å². The summed E-state index contributed by atoms with van der Waals surface area (Å²) < 4.78 is 52.0. The zero-order valence-electron chi connectivity index (χ0n) is 21.5. The van der Waals surface area contributed by atoms with Crippen molar-refractivity contribution in [1.82, 2.24) is 5.32 Å². The van der Waals surface area contributed by atoms with Crippen molar-refractivity contribution in [2.24, 2.45) is 0 Å². The summed E-state index contributed by atoms with van der Waals surface area (Å²) in [6.45, 7) is 1.75. The third-order valence-electron chi connectivity index (χ3n) is 7.55. The number of ether oxygens (including phenoxy) is 2. The topological polar surface area (TPSA) is 76.7 Å². The van der Waals surface area contributed by atoms with Crippen molar-refractivity contribution in [3.8, 4) is 11.5 Å². The molecule has 0 bridgehead atoms. The predicted molar refractivity (Wildman–Crippen MR) is 142 cm³/mol. The van der Waals surface area contributed by atoms with Gasteiger partial charge in [0, 0.05) is 34.9 Å². The van der Waals surface area contributed by atoms with Crippen LogP contribution in [0.25, 0.3) is 0 Å². The molecule has 204 valence electrons. The lowest BCUT2D eigenvalue weighted by Crippen LogP contribution is -2.37. The summed E-state index contributed by atoms with van der Waals surface area (Å²) in [5.41, 5.74) is 2.11. The number of halogens is 3. The van der Waals surface area contributed by atoms with Crippen molar-refractivity contribution >= 4 is 17.4 Å². The zero-order chi connectivity index (χ0) is 28.0. The van der Waals surface area contributed by atoms with Crippen LogP contribution in [0.1, 0.15) is 48.3 Å². The number of rotatable bonds is 4. The van der Waals surface area contributed by atoms with Crippen LogP contribution in [-0.2, 0) is 15.8 Å². The standard InChI is InChI=1S/C31H25F3N2O4/c1-17-27(30(38)36-22-10-6-5-9-21(22)31(32,33)34)28(19-11-12-25-26(15-19)40-16-39-25)29-23(35-17)13-20(14-24(29)37)18-7-3-2-4-8-18/h2-12,15,20,28,35H,13-14,16H2,1H3,(H,36,38)/t20-,28+/m1/s1. The summed E-state index contributed by atoms with van der Waals surface area (Å²) in [5.74, 6) is -0.694. The van der Waals surface area contributed by atoms with Gasteiger partial charge in [-0.1, -0.05) is 48.5 Å². The van der Waals surface area contributed by atoms with E-state index in [-0.39, 0.29) is 36.2 Å². The fourth-order valence-corrected chi connectivity index (χ4v) is 5.76. The molecular formula is C31H25F3N2O4. The van der Waals surface area contributed by atoms with Crippen LogP contribution in [0.2, 0.25) is 0 Å². The average molecular weight is 547 g/mol. The minimum absolute atomic E-state index is 0.0424. The van der Waals surface area contributed by atoms with E-state index in [4.69, 9.17) is 9.47 Å². The minimum Gasteiger partial charge on any atom is -0.454 e. The van der Waals surface area contributed by atoms with E-state index < -0.39 is 23.6 Å². The third kappa shape index (κ3) is 4.61. The Balaban J connectivity index is 1.43. The lowest BCUT2D eigenvalue weighted by atomic mass is 9.71. The highest BCUT2D eigenvalue weighted by molar-refractivity contribution is 6.10. The molecule has 2 atom stereocenters. The van der Waals surface area contributed by atoms with Gasteiger partial charge in [0.25, 0.3) is 5.91 Å². The van der Waals surface area contributed by atoms with Crippen molar-refractivity contribution in [3.05, 3.63) is 112 Å². The van der Waals surface area contributed by atoms with E-state index in [0.29, 0.717) is 40.5 Å². The average Bonchev–Trinajstić information content (AvgIpc) is 3.40. The van der Waals surface area contributed by atoms with E-state index in [1.807, 2.05) is 30.3 Å². The maximum Gasteiger partial charge on any atom is 0.418 e. The van der Waals surface area contributed by atoms with Crippen molar-refractivity contribution in [3.63, 3.8) is 0 Å². The molecule has 0 saturated carbocycles. The van der Waals surface area contributed by atoms with Crippen LogP contribution < -0.4 is 20.1 Å². The molecule has 3 aromatic rings. The minimum atomic E-state index is -4.66. The molecule has 1 aliphatic carbocycles. The van der Waals surface area contributed by atoms with Crippen molar-refractivity contribution in [1.29, 1.82) is 0 Å². The van der Waals surface area contributed by atoms with Gasteiger partial charge in [0.1, 0.15) is 0 Å². The Kier molecular flexibility index (Phi) is 6.37. The molecule has 0 saturated heterocycles. The third-order valence-corrected chi connectivity index (χ3v) is 7.55. The SMILES string of the molecule is CC1=C(C(=O)Nc2ccccc2C(F)(F)F)[C@H](c2ccc3c(c2)OCO3)C2=C(C[C@@H](c3ccccc3)CC2=O)N1. The van der Waals surface area contributed by atoms with Gasteiger partial charge in [-0.2, -0.15) is 13.2 Å². The summed E-state index contributed by atoms with van der Waals surface area (Å²) >= 11 is 0. The molecule has 1 amide bonds. The van der Waals surface area contributed by atoms with Crippen molar-refractivity contribution < 1.29 is 32.2 Å². The fraction of sp³-hybridized carbons (Fsp3) is 0.226. The van der Waals surface area contributed by atoms with Gasteiger partial charge in [0.05, 0.1) is 11.3 Å². The maximum absolute atomic E-state index is 13.8. The molecule has 40 heavy (non-hydrogen) atoms. The molecule has 3 aromatic carbocycles. The van der Waals surface area contributed by atoms with E-state index in [2.05, 4.69) is 10.6 Å². The Bertz CT molecular complexity index is 1580. The Labute approximate surface area is 228 Å². The molecule has 6 nitrogen and oxygen atoms in total. The summed E-state index contributed by atoms with van der Waals surface area (Å²) in [7, 11) is 0. The zero-order valence-corrected chi connectivity index (χ0v) is 21.5. The number of carbonyl (C=O) groups is 2. The molecule has 0 fully saturated rings. The monoisotopic (exact) mass is 546 g/mol. The highest BCUT2D eigenvalue weighted by Gasteiger charge is 2.42. The van der Waals surface area contributed by atoms with Crippen LogP contribution in [0, 0.1) is 0 Å². The van der Waals surface area contributed by atoms with Crippen LogP contribution >= 0.6 is 0 Å². The Hall–Kier alpha value is -4.53. The number of carbonyl (C=O) groups excluding carboxylic acids is 2. The first-order valence-corrected chi connectivity index (χ1v) is 12.9. The molecule has 3 aliphatic rings. The second-order valence-electron chi connectivity index (χ2n) is 10.0. The molecule has 6 rings (SSSR count). The molecule has 0 spiro atoms. The van der Waals surface area contributed by atoms with E-state index in [0.717, 1.165) is 11.6 Å². The first-order chi connectivity index (χ1) is 19.2. The number of para-hydroxylation sites is 1. The number of allylic oxidation sites excluding steroid dienone is 3. The molecule has 2 N–H and O–H groups in total. The van der Waals surface area contributed by atoms with Crippen molar-refractivity contribution in [2.75, 3.05) is 12.1 Å². The number of ketones is 1. The van der Waals surface area contributed by atoms with E-state index in [1.54, 1.807) is 25.1 Å². The number of hydrogen-bond donors (Lipinski definition) is 2. The number of fused-ring (bicyclic) bond motifs is 1. The van der Waals surface area contributed by atoms with Gasteiger partial charge in [-0.3, -0.25) is 9.59 Å². The van der Waals surface area contributed by atoms with Gasteiger partial charge in [-0.25, -0.2) is 0 Å². The van der Waals surface area contributed by atoms with Gasteiger partial charge >= 0.3 is 6.18 Å². The molecule has 0 radical (unpaired) electrons. The lowest BCUT2D eigenvalue weighted by molar-refractivity contribution is -0.137. The van der Waals surface area contributed by atoms with Crippen molar-refractivity contribution in [2.45, 2.75) is 37.8 Å². The Morgan fingerprint density at radius 3 is 2.42 bits per heavy atom. The van der Waals surface area contributed by atoms with Gasteiger partial charge < -0.3 is 20.1 Å². The highest BCUT2D eigenvalue weighted by Crippen LogP contribution is 2.47. The number of anilines is 1. The molecule has 0 aromatic heterocycles. The van der Waals surface area contributed by atoms with Crippen LogP contribution in [0.3, 0.4) is 0 Å². The van der Waals surface area contributed by atoms with Crippen LogP contribution in [-0.4, -0.2) is 18.5 Å². The second-order valence-corrected chi connectivity index (χ2v) is 10.0. The molecule has 9 heteroatoms. The summed E-state index contributed by atoms with van der Waals surface area (Å²) in [4.78, 5) is 27.6. The highest BCUT2D eigenvalue weighted by atomic mass is 19.4. The molecule has 2 aliphatic heterocycles. The first kappa shape index (κ1) is 25.7. The molecule has 0 unspecified atom stereocenters.